The average Bonchev–Trinajstić information content (AvgIpc) is 2.46. The third kappa shape index (κ3) is 3.17. The fourth-order valence-electron chi connectivity index (χ4n) is 1.39. The Labute approximate surface area is 117 Å². The molecule has 0 spiro atoms. The van der Waals surface area contributed by atoms with E-state index in [0.29, 0.717) is 0 Å². The molecule has 0 aliphatic carbocycles. The summed E-state index contributed by atoms with van der Waals surface area (Å²) in [7, 11) is -4.32. The quantitative estimate of drug-likeness (QED) is 0.519. The van der Waals surface area contributed by atoms with Crippen molar-refractivity contribution in [1.82, 2.24) is 0 Å². The van der Waals surface area contributed by atoms with Crippen molar-refractivity contribution in [3.8, 4) is 0 Å². The molecule has 0 amide bonds. The number of rotatable bonds is 7. The molecule has 7 nitrogen and oxygen atoms in total. The van der Waals surface area contributed by atoms with Gasteiger partial charge in [-0.05, 0) is 0 Å². The zero-order valence-electron chi connectivity index (χ0n) is 11.0. The van der Waals surface area contributed by atoms with E-state index < -0.39 is 42.3 Å². The van der Waals surface area contributed by atoms with Crippen LogP contribution in [0, 0.1) is 6.92 Å². The molecule has 0 heterocycles. The minimum absolute atomic E-state index is 0.180. The van der Waals surface area contributed by atoms with Gasteiger partial charge in [-0.15, -0.1) is 0 Å². The average molecular weight is 326 g/mol. The molecule has 1 aromatic rings. The van der Waals surface area contributed by atoms with Gasteiger partial charge in [-0.1, -0.05) is 0 Å². The van der Waals surface area contributed by atoms with Crippen molar-refractivity contribution in [3.05, 3.63) is 29.8 Å². The van der Waals surface area contributed by atoms with E-state index >= 15 is 0 Å². The maximum absolute atomic E-state index is 12.2. The van der Waals surface area contributed by atoms with Gasteiger partial charge in [0.2, 0.25) is 0 Å². The molecule has 0 aromatic heterocycles. The molecule has 0 saturated carbocycles. The number of aliphatic hydroxyl groups excluding tert-OH is 4. The molecular weight excluding hydrogens is 307 g/mol. The minimum atomic E-state index is -4.42. The molecule has 1 aromatic carbocycles. The van der Waals surface area contributed by atoms with Crippen LogP contribution in [0.3, 0.4) is 0 Å². The summed E-state index contributed by atoms with van der Waals surface area (Å²) in [6.07, 6.45) is -3.78. The maximum atomic E-state index is 12.2. The van der Waals surface area contributed by atoms with E-state index in [4.69, 9.17) is 3.97 Å². The first kappa shape index (κ1) is 17.5. The second-order valence-corrected chi connectivity index (χ2v) is 11.6. The van der Waals surface area contributed by atoms with Crippen LogP contribution in [0.5, 0.6) is 0 Å². The summed E-state index contributed by atoms with van der Waals surface area (Å²) in [5.74, 6) is 0. The van der Waals surface area contributed by atoms with Crippen LogP contribution >= 0.6 is 6.83 Å². The molecule has 0 bridgehead atoms. The van der Waals surface area contributed by atoms with Gasteiger partial charge in [0.05, 0.1) is 0 Å². The molecular formula is C11H19O7PS. The molecule has 4 N–H and O–H groups in total. The van der Waals surface area contributed by atoms with Crippen molar-refractivity contribution >= 4 is 16.9 Å². The normalized spacial score (nSPS) is 14.8. The van der Waals surface area contributed by atoms with Crippen LogP contribution < -0.4 is 0 Å². The monoisotopic (exact) mass is 326 g/mol. The third-order valence-corrected chi connectivity index (χ3v) is 9.23. The summed E-state index contributed by atoms with van der Waals surface area (Å²) in [5.41, 5.74) is 0.843. The van der Waals surface area contributed by atoms with Crippen LogP contribution in [0.15, 0.2) is 29.2 Å². The van der Waals surface area contributed by atoms with Gasteiger partial charge in [-0.3, -0.25) is 0 Å². The molecule has 0 aliphatic rings. The van der Waals surface area contributed by atoms with E-state index in [-0.39, 0.29) is 4.90 Å². The fraction of sp³-hybridized carbons (Fsp3) is 0.455. The number of hydrogen-bond acceptors (Lipinski definition) is 7. The second-order valence-electron chi connectivity index (χ2n) is 4.77. The SMILES string of the molecule is Cc1ccc(S(=O)(=O)OP(CO)(CO)(CO)CO)cc1. The Hall–Kier alpha value is -0.600. The van der Waals surface area contributed by atoms with Crippen molar-refractivity contribution < 1.29 is 32.8 Å². The van der Waals surface area contributed by atoms with E-state index in [1.165, 1.54) is 12.1 Å². The van der Waals surface area contributed by atoms with Crippen LogP contribution in [0.4, 0.5) is 0 Å². The summed E-state index contributed by atoms with van der Waals surface area (Å²) >= 11 is 0. The molecule has 20 heavy (non-hydrogen) atoms. The van der Waals surface area contributed by atoms with Crippen LogP contribution in [0.1, 0.15) is 5.56 Å². The molecule has 0 unspecified atom stereocenters. The van der Waals surface area contributed by atoms with Crippen molar-refractivity contribution in [1.29, 1.82) is 0 Å². The Morgan fingerprint density at radius 1 is 0.950 bits per heavy atom. The topological polar surface area (TPSA) is 124 Å². The Bertz CT molecular complexity index is 527. The van der Waals surface area contributed by atoms with Gasteiger partial charge < -0.3 is 0 Å². The third-order valence-electron chi connectivity index (χ3n) is 3.05. The first-order valence-corrected chi connectivity index (χ1v) is 10.0. The summed E-state index contributed by atoms with van der Waals surface area (Å²) in [4.78, 5) is -0.180. The van der Waals surface area contributed by atoms with Gasteiger partial charge in [0.15, 0.2) is 0 Å². The predicted octanol–water partition coefficient (Wildman–Crippen LogP) is -0.0322. The molecule has 1 rings (SSSR count). The van der Waals surface area contributed by atoms with E-state index in [0.717, 1.165) is 5.56 Å². The first-order valence-electron chi connectivity index (χ1n) is 5.74. The molecule has 0 saturated heterocycles. The van der Waals surface area contributed by atoms with E-state index in [1.54, 1.807) is 19.1 Å². The molecule has 116 valence electrons. The second kappa shape index (κ2) is 6.03. The Balaban J connectivity index is 3.26. The number of hydrogen-bond donors (Lipinski definition) is 4. The number of aliphatic hydroxyl groups is 4. The van der Waals surface area contributed by atoms with E-state index in [9.17, 15) is 28.8 Å². The van der Waals surface area contributed by atoms with Crippen LogP contribution in [-0.2, 0) is 14.1 Å². The van der Waals surface area contributed by atoms with Crippen molar-refractivity contribution in [2.45, 2.75) is 11.8 Å². The number of aryl methyl sites for hydroxylation is 1. The molecule has 0 aliphatic heterocycles. The molecule has 0 fully saturated rings. The Morgan fingerprint density at radius 2 is 1.35 bits per heavy atom. The van der Waals surface area contributed by atoms with Gasteiger partial charge in [0, 0.05) is 0 Å². The van der Waals surface area contributed by atoms with Gasteiger partial charge in [-0.25, -0.2) is 0 Å². The van der Waals surface area contributed by atoms with E-state index in [2.05, 4.69) is 0 Å². The summed E-state index contributed by atoms with van der Waals surface area (Å²) in [6, 6.07) is 5.72. The Kier molecular flexibility index (Phi) is 5.26. The Morgan fingerprint density at radius 3 is 1.70 bits per heavy atom. The molecule has 9 heteroatoms. The van der Waals surface area contributed by atoms with E-state index in [1.807, 2.05) is 0 Å². The van der Waals surface area contributed by atoms with Gasteiger partial charge in [-0.2, -0.15) is 0 Å². The van der Waals surface area contributed by atoms with Gasteiger partial charge in [0.1, 0.15) is 0 Å². The predicted molar refractivity (Wildman–Crippen MR) is 74.7 cm³/mol. The number of benzene rings is 1. The molecule has 0 atom stereocenters. The zero-order valence-corrected chi connectivity index (χ0v) is 12.7. The van der Waals surface area contributed by atoms with Crippen molar-refractivity contribution in [3.63, 3.8) is 0 Å². The van der Waals surface area contributed by atoms with Crippen molar-refractivity contribution in [2.75, 3.05) is 25.4 Å². The zero-order chi connectivity index (χ0) is 15.5. The fourth-order valence-corrected chi connectivity index (χ4v) is 5.71. The van der Waals surface area contributed by atoms with Crippen LogP contribution in [-0.4, -0.2) is 54.2 Å². The van der Waals surface area contributed by atoms with Gasteiger partial charge >= 0.3 is 117 Å². The summed E-state index contributed by atoms with van der Waals surface area (Å²) in [5, 5.41) is 37.5. The van der Waals surface area contributed by atoms with Crippen LogP contribution in [0.25, 0.3) is 0 Å². The van der Waals surface area contributed by atoms with Crippen LogP contribution in [0.2, 0.25) is 0 Å². The first-order chi connectivity index (χ1) is 9.26. The summed E-state index contributed by atoms with van der Waals surface area (Å²) in [6.45, 7) is -2.64. The van der Waals surface area contributed by atoms with Gasteiger partial charge in [0.25, 0.3) is 0 Å². The standard InChI is InChI=1S/C11H19O7PS/c1-10-2-4-11(5-3-10)20(16,17)18-19(6-12,7-13,8-14)9-15/h2-5,12-15H,6-9H2,1H3. The van der Waals surface area contributed by atoms with Crippen molar-refractivity contribution in [2.24, 2.45) is 0 Å². The summed E-state index contributed by atoms with van der Waals surface area (Å²) < 4.78 is 29.3. The molecule has 0 radical (unpaired) electrons.